The standard InChI is InChI=1S/C13H25NO2/c1-11(2)8-7-9-12(3,4)14(11)16-10-13(5,6)15/h7-8,15H,9-10H2,1-6H3. The molecule has 1 aliphatic rings. The van der Waals surface area contributed by atoms with Gasteiger partial charge in [0.1, 0.15) is 0 Å². The second kappa shape index (κ2) is 4.13. The van der Waals surface area contributed by atoms with E-state index in [1.807, 2.05) is 5.06 Å². The molecule has 0 saturated heterocycles. The second-order valence-electron chi connectivity index (χ2n) is 6.45. The Labute approximate surface area is 99.0 Å². The van der Waals surface area contributed by atoms with E-state index in [4.69, 9.17) is 4.84 Å². The lowest BCUT2D eigenvalue weighted by Crippen LogP contribution is -2.57. The second-order valence-corrected chi connectivity index (χ2v) is 6.45. The normalized spacial score (nSPS) is 24.7. The van der Waals surface area contributed by atoms with E-state index >= 15 is 0 Å². The third-order valence-electron chi connectivity index (χ3n) is 2.76. The molecule has 0 fully saturated rings. The fourth-order valence-corrected chi connectivity index (χ4v) is 2.13. The van der Waals surface area contributed by atoms with Gasteiger partial charge in [-0.1, -0.05) is 12.2 Å². The summed E-state index contributed by atoms with van der Waals surface area (Å²) in [5, 5.41) is 11.7. The minimum absolute atomic E-state index is 0.0382. The molecule has 16 heavy (non-hydrogen) atoms. The van der Waals surface area contributed by atoms with E-state index in [-0.39, 0.29) is 11.1 Å². The number of aliphatic hydroxyl groups is 1. The van der Waals surface area contributed by atoms with E-state index in [1.54, 1.807) is 13.8 Å². The summed E-state index contributed by atoms with van der Waals surface area (Å²) in [6, 6.07) is 0. The van der Waals surface area contributed by atoms with Gasteiger partial charge in [0, 0.05) is 5.54 Å². The fourth-order valence-electron chi connectivity index (χ4n) is 2.13. The van der Waals surface area contributed by atoms with Crippen LogP contribution in [0.25, 0.3) is 0 Å². The van der Waals surface area contributed by atoms with Crippen LogP contribution < -0.4 is 0 Å². The fraction of sp³-hybridized carbons (Fsp3) is 0.846. The molecule has 0 bridgehead atoms. The van der Waals surface area contributed by atoms with Crippen LogP contribution in [0.15, 0.2) is 12.2 Å². The summed E-state index contributed by atoms with van der Waals surface area (Å²) in [4.78, 5) is 5.81. The predicted octanol–water partition coefficient (Wildman–Crippen LogP) is 2.51. The molecule has 3 heteroatoms. The van der Waals surface area contributed by atoms with Crippen LogP contribution in [-0.4, -0.2) is 33.5 Å². The SMILES string of the molecule is CC(C)(O)CON1C(C)(C)C=CCC1(C)C. The zero-order valence-corrected chi connectivity index (χ0v) is 11.4. The minimum atomic E-state index is -0.798. The summed E-state index contributed by atoms with van der Waals surface area (Å²) >= 11 is 0. The molecule has 3 nitrogen and oxygen atoms in total. The van der Waals surface area contributed by atoms with Crippen molar-refractivity contribution in [3.05, 3.63) is 12.2 Å². The number of hydroxylamine groups is 2. The van der Waals surface area contributed by atoms with E-state index in [0.717, 1.165) is 6.42 Å². The van der Waals surface area contributed by atoms with Crippen molar-refractivity contribution in [1.82, 2.24) is 5.06 Å². The van der Waals surface area contributed by atoms with Crippen molar-refractivity contribution in [3.8, 4) is 0 Å². The van der Waals surface area contributed by atoms with Crippen LogP contribution in [0.4, 0.5) is 0 Å². The highest BCUT2D eigenvalue weighted by atomic mass is 16.7. The summed E-state index contributed by atoms with van der Waals surface area (Å²) in [5.41, 5.74) is -0.968. The summed E-state index contributed by atoms with van der Waals surface area (Å²) < 4.78 is 0. The molecule has 1 heterocycles. The maximum Gasteiger partial charge on any atom is 0.0967 e. The summed E-state index contributed by atoms with van der Waals surface area (Å²) in [6.45, 7) is 12.4. The molecule has 0 saturated carbocycles. The van der Waals surface area contributed by atoms with Gasteiger partial charge >= 0.3 is 0 Å². The van der Waals surface area contributed by atoms with Crippen LogP contribution in [-0.2, 0) is 4.84 Å². The number of nitrogens with zero attached hydrogens (tertiary/aromatic N) is 1. The Morgan fingerprint density at radius 1 is 1.31 bits per heavy atom. The van der Waals surface area contributed by atoms with E-state index in [9.17, 15) is 5.11 Å². The lowest BCUT2D eigenvalue weighted by molar-refractivity contribution is -0.275. The molecule has 0 spiro atoms. The number of hydrogen-bond acceptors (Lipinski definition) is 3. The van der Waals surface area contributed by atoms with Gasteiger partial charge in [0.25, 0.3) is 0 Å². The molecule has 0 aliphatic carbocycles. The Morgan fingerprint density at radius 3 is 2.31 bits per heavy atom. The first-order valence-corrected chi connectivity index (χ1v) is 5.88. The van der Waals surface area contributed by atoms with Gasteiger partial charge in [0.05, 0.1) is 17.7 Å². The molecule has 1 rings (SSSR count). The molecule has 0 amide bonds. The van der Waals surface area contributed by atoms with Crippen molar-refractivity contribution in [3.63, 3.8) is 0 Å². The molecule has 0 unspecified atom stereocenters. The molecular weight excluding hydrogens is 202 g/mol. The Morgan fingerprint density at radius 2 is 1.88 bits per heavy atom. The molecule has 0 aromatic carbocycles. The monoisotopic (exact) mass is 227 g/mol. The van der Waals surface area contributed by atoms with Gasteiger partial charge in [-0.15, -0.1) is 0 Å². The molecule has 94 valence electrons. The molecule has 0 radical (unpaired) electrons. The van der Waals surface area contributed by atoms with Gasteiger partial charge in [-0.25, -0.2) is 0 Å². The van der Waals surface area contributed by atoms with Gasteiger partial charge in [-0.05, 0) is 48.0 Å². The highest BCUT2D eigenvalue weighted by molar-refractivity contribution is 5.10. The Balaban J connectivity index is 2.78. The van der Waals surface area contributed by atoms with Crippen molar-refractivity contribution in [2.75, 3.05) is 6.61 Å². The van der Waals surface area contributed by atoms with Crippen molar-refractivity contribution in [2.24, 2.45) is 0 Å². The largest absolute Gasteiger partial charge is 0.388 e. The molecule has 0 aromatic heterocycles. The van der Waals surface area contributed by atoms with Gasteiger partial charge < -0.3 is 5.11 Å². The van der Waals surface area contributed by atoms with Crippen LogP contribution in [0.3, 0.4) is 0 Å². The van der Waals surface area contributed by atoms with E-state index in [1.165, 1.54) is 0 Å². The summed E-state index contributed by atoms with van der Waals surface area (Å²) in [7, 11) is 0. The van der Waals surface area contributed by atoms with Crippen LogP contribution >= 0.6 is 0 Å². The van der Waals surface area contributed by atoms with Gasteiger partial charge in [-0.3, -0.25) is 4.84 Å². The molecule has 1 aliphatic heterocycles. The Kier molecular flexibility index (Phi) is 3.53. The van der Waals surface area contributed by atoms with Gasteiger partial charge in [0.2, 0.25) is 0 Å². The smallest absolute Gasteiger partial charge is 0.0967 e. The van der Waals surface area contributed by atoms with Crippen LogP contribution in [0.2, 0.25) is 0 Å². The van der Waals surface area contributed by atoms with Crippen LogP contribution in [0.5, 0.6) is 0 Å². The average Bonchev–Trinajstić information content (AvgIpc) is 1.97. The van der Waals surface area contributed by atoms with Crippen molar-refractivity contribution >= 4 is 0 Å². The summed E-state index contributed by atoms with van der Waals surface area (Å²) in [5.74, 6) is 0. The zero-order valence-electron chi connectivity index (χ0n) is 11.4. The van der Waals surface area contributed by atoms with Gasteiger partial charge in [-0.2, -0.15) is 5.06 Å². The topological polar surface area (TPSA) is 32.7 Å². The first-order valence-electron chi connectivity index (χ1n) is 5.88. The predicted molar refractivity (Wildman–Crippen MR) is 66.0 cm³/mol. The van der Waals surface area contributed by atoms with Crippen molar-refractivity contribution in [1.29, 1.82) is 0 Å². The Bertz CT molecular complexity index is 274. The maximum absolute atomic E-state index is 9.72. The lowest BCUT2D eigenvalue weighted by atomic mass is 9.88. The number of rotatable bonds is 3. The van der Waals surface area contributed by atoms with E-state index in [2.05, 4.69) is 39.8 Å². The molecule has 1 N–H and O–H groups in total. The third kappa shape index (κ3) is 3.30. The zero-order chi connectivity index (χ0) is 12.6. The molecular formula is C13H25NO2. The minimum Gasteiger partial charge on any atom is -0.388 e. The first kappa shape index (κ1) is 13.7. The lowest BCUT2D eigenvalue weighted by Gasteiger charge is -2.48. The van der Waals surface area contributed by atoms with Gasteiger partial charge in [0.15, 0.2) is 0 Å². The highest BCUT2D eigenvalue weighted by Crippen LogP contribution is 2.34. The van der Waals surface area contributed by atoms with Crippen LogP contribution in [0, 0.1) is 0 Å². The van der Waals surface area contributed by atoms with Crippen molar-refractivity contribution < 1.29 is 9.94 Å². The summed E-state index contributed by atoms with van der Waals surface area (Å²) in [6.07, 6.45) is 5.31. The first-order chi connectivity index (χ1) is 7.05. The molecule has 0 aromatic rings. The highest BCUT2D eigenvalue weighted by Gasteiger charge is 2.40. The quantitative estimate of drug-likeness (QED) is 0.752. The van der Waals surface area contributed by atoms with Crippen LogP contribution in [0.1, 0.15) is 48.0 Å². The average molecular weight is 227 g/mol. The Hall–Kier alpha value is -0.380. The van der Waals surface area contributed by atoms with E-state index < -0.39 is 5.60 Å². The van der Waals surface area contributed by atoms with E-state index in [0.29, 0.717) is 6.61 Å². The maximum atomic E-state index is 9.72. The van der Waals surface area contributed by atoms with Crippen molar-refractivity contribution in [2.45, 2.75) is 64.6 Å². The number of hydrogen-bond donors (Lipinski definition) is 1. The molecule has 0 atom stereocenters. The third-order valence-corrected chi connectivity index (χ3v) is 2.76.